The van der Waals surface area contributed by atoms with Gasteiger partial charge in [-0.05, 0) is 37.5 Å². The van der Waals surface area contributed by atoms with Crippen LogP contribution < -0.4 is 11.1 Å². The third-order valence-electron chi connectivity index (χ3n) is 2.75. The van der Waals surface area contributed by atoms with Crippen LogP contribution in [0.2, 0.25) is 0 Å². The van der Waals surface area contributed by atoms with Crippen molar-refractivity contribution < 1.29 is 0 Å². The predicted octanol–water partition coefficient (Wildman–Crippen LogP) is 3.57. The van der Waals surface area contributed by atoms with Crippen LogP contribution in [-0.4, -0.2) is 6.04 Å². The van der Waals surface area contributed by atoms with Crippen molar-refractivity contribution in [3.63, 3.8) is 0 Å². The van der Waals surface area contributed by atoms with Crippen molar-refractivity contribution in [1.29, 1.82) is 0 Å². The molecule has 1 aromatic carbocycles. The van der Waals surface area contributed by atoms with Gasteiger partial charge in [0, 0.05) is 17.4 Å². The van der Waals surface area contributed by atoms with Gasteiger partial charge in [-0.15, -0.1) is 0 Å². The molecule has 1 aromatic rings. The van der Waals surface area contributed by atoms with Crippen LogP contribution in [0.3, 0.4) is 0 Å². The summed E-state index contributed by atoms with van der Waals surface area (Å²) < 4.78 is 0. The molecule has 0 heterocycles. The van der Waals surface area contributed by atoms with Crippen molar-refractivity contribution in [2.75, 3.05) is 11.1 Å². The number of hydrogen-bond donors (Lipinski definition) is 2. The van der Waals surface area contributed by atoms with E-state index in [9.17, 15) is 0 Å². The van der Waals surface area contributed by atoms with Gasteiger partial charge in [0.15, 0.2) is 0 Å². The molecule has 1 atom stereocenters. The molecule has 0 aromatic heterocycles. The first-order chi connectivity index (χ1) is 7.17. The Hall–Kier alpha value is -1.18. The summed E-state index contributed by atoms with van der Waals surface area (Å²) >= 11 is 0. The second-order valence-corrected chi connectivity index (χ2v) is 4.11. The van der Waals surface area contributed by atoms with Crippen molar-refractivity contribution in [3.8, 4) is 0 Å². The zero-order valence-electron chi connectivity index (χ0n) is 10.0. The van der Waals surface area contributed by atoms with Gasteiger partial charge in [0.25, 0.3) is 0 Å². The summed E-state index contributed by atoms with van der Waals surface area (Å²) in [6.07, 6.45) is 3.58. The summed E-state index contributed by atoms with van der Waals surface area (Å²) in [5.41, 5.74) is 9.05. The van der Waals surface area contributed by atoms with Gasteiger partial charge in [-0.2, -0.15) is 0 Å². The van der Waals surface area contributed by atoms with Crippen molar-refractivity contribution in [1.82, 2.24) is 0 Å². The lowest BCUT2D eigenvalue weighted by atomic mass is 10.1. The molecule has 0 bridgehead atoms. The van der Waals surface area contributed by atoms with E-state index >= 15 is 0 Å². The Morgan fingerprint density at radius 3 is 2.67 bits per heavy atom. The molecule has 2 heteroatoms. The molecule has 0 spiro atoms. The summed E-state index contributed by atoms with van der Waals surface area (Å²) in [6, 6.07) is 6.60. The average Bonchev–Trinajstić information content (AvgIpc) is 2.22. The molecule has 0 amide bonds. The Labute approximate surface area is 92.9 Å². The number of rotatable bonds is 5. The number of aryl methyl sites for hydroxylation is 1. The summed E-state index contributed by atoms with van der Waals surface area (Å²) in [5.74, 6) is 0. The van der Waals surface area contributed by atoms with E-state index in [0.29, 0.717) is 6.04 Å². The zero-order chi connectivity index (χ0) is 11.3. The van der Waals surface area contributed by atoms with Crippen LogP contribution in [0, 0.1) is 6.92 Å². The van der Waals surface area contributed by atoms with Gasteiger partial charge in [0.2, 0.25) is 0 Å². The van der Waals surface area contributed by atoms with Crippen LogP contribution in [0.1, 0.15) is 38.7 Å². The highest BCUT2D eigenvalue weighted by molar-refractivity contribution is 5.59. The van der Waals surface area contributed by atoms with Crippen molar-refractivity contribution in [2.45, 2.75) is 46.1 Å². The van der Waals surface area contributed by atoms with E-state index in [1.165, 1.54) is 24.1 Å². The quantitative estimate of drug-likeness (QED) is 0.723. The number of benzene rings is 1. The molecule has 0 aliphatic heterocycles. The summed E-state index contributed by atoms with van der Waals surface area (Å²) in [7, 11) is 0. The molecule has 15 heavy (non-hydrogen) atoms. The van der Waals surface area contributed by atoms with Gasteiger partial charge in [-0.3, -0.25) is 0 Å². The molecule has 1 rings (SSSR count). The van der Waals surface area contributed by atoms with Crippen molar-refractivity contribution in [2.24, 2.45) is 0 Å². The SMILES string of the molecule is CCCC(CC)Nc1cc(N)ccc1C. The molecule has 1 unspecified atom stereocenters. The maximum atomic E-state index is 5.78. The lowest BCUT2D eigenvalue weighted by Crippen LogP contribution is -2.18. The molecular formula is C13H22N2. The summed E-state index contributed by atoms with van der Waals surface area (Å²) in [4.78, 5) is 0. The van der Waals surface area contributed by atoms with E-state index in [2.05, 4.69) is 32.2 Å². The lowest BCUT2D eigenvalue weighted by molar-refractivity contribution is 0.622. The highest BCUT2D eigenvalue weighted by Crippen LogP contribution is 2.20. The molecule has 0 fully saturated rings. The third-order valence-corrected chi connectivity index (χ3v) is 2.75. The van der Waals surface area contributed by atoms with Gasteiger partial charge < -0.3 is 11.1 Å². The third kappa shape index (κ3) is 3.46. The Kier molecular flexibility index (Phi) is 4.47. The Morgan fingerprint density at radius 2 is 2.07 bits per heavy atom. The fourth-order valence-electron chi connectivity index (χ4n) is 1.74. The van der Waals surface area contributed by atoms with E-state index in [4.69, 9.17) is 5.73 Å². The number of nitrogens with two attached hydrogens (primary N) is 1. The zero-order valence-corrected chi connectivity index (χ0v) is 10.0. The van der Waals surface area contributed by atoms with Gasteiger partial charge in [-0.25, -0.2) is 0 Å². The maximum absolute atomic E-state index is 5.78. The number of nitrogen functional groups attached to an aromatic ring is 1. The molecule has 0 radical (unpaired) electrons. The molecule has 0 aliphatic carbocycles. The minimum Gasteiger partial charge on any atom is -0.399 e. The number of hydrogen-bond acceptors (Lipinski definition) is 2. The first-order valence-electron chi connectivity index (χ1n) is 5.80. The van der Waals surface area contributed by atoms with Gasteiger partial charge in [0.05, 0.1) is 0 Å². The average molecular weight is 206 g/mol. The lowest BCUT2D eigenvalue weighted by Gasteiger charge is -2.19. The van der Waals surface area contributed by atoms with Crippen LogP contribution in [0.5, 0.6) is 0 Å². The van der Waals surface area contributed by atoms with Crippen LogP contribution in [0.15, 0.2) is 18.2 Å². The molecule has 0 saturated carbocycles. The standard InChI is InChI=1S/C13H22N2/c1-4-6-12(5-2)15-13-9-11(14)8-7-10(13)3/h7-9,12,15H,4-6,14H2,1-3H3. The molecule has 0 aliphatic rings. The monoisotopic (exact) mass is 206 g/mol. The fraction of sp³-hybridized carbons (Fsp3) is 0.538. The van der Waals surface area contributed by atoms with Gasteiger partial charge in [0.1, 0.15) is 0 Å². The highest BCUT2D eigenvalue weighted by atomic mass is 14.9. The summed E-state index contributed by atoms with van der Waals surface area (Å²) in [5, 5.41) is 3.56. The van der Waals surface area contributed by atoms with Crippen LogP contribution in [0.25, 0.3) is 0 Å². The van der Waals surface area contributed by atoms with Crippen molar-refractivity contribution >= 4 is 11.4 Å². The Morgan fingerprint density at radius 1 is 1.33 bits per heavy atom. The smallest absolute Gasteiger partial charge is 0.0392 e. The predicted molar refractivity (Wildman–Crippen MR) is 68.2 cm³/mol. The minimum absolute atomic E-state index is 0.565. The summed E-state index contributed by atoms with van der Waals surface area (Å²) in [6.45, 7) is 6.55. The topological polar surface area (TPSA) is 38.0 Å². The van der Waals surface area contributed by atoms with E-state index < -0.39 is 0 Å². The Bertz CT molecular complexity index is 307. The first-order valence-corrected chi connectivity index (χ1v) is 5.80. The van der Waals surface area contributed by atoms with E-state index in [1.807, 2.05) is 12.1 Å². The van der Waals surface area contributed by atoms with Crippen molar-refractivity contribution in [3.05, 3.63) is 23.8 Å². The van der Waals surface area contributed by atoms with E-state index in [1.54, 1.807) is 0 Å². The molecule has 84 valence electrons. The molecular weight excluding hydrogens is 184 g/mol. The highest BCUT2D eigenvalue weighted by Gasteiger charge is 2.06. The van der Waals surface area contributed by atoms with Crippen LogP contribution >= 0.6 is 0 Å². The van der Waals surface area contributed by atoms with Crippen LogP contribution in [0.4, 0.5) is 11.4 Å². The second kappa shape index (κ2) is 5.64. The second-order valence-electron chi connectivity index (χ2n) is 4.11. The number of anilines is 2. The largest absolute Gasteiger partial charge is 0.399 e. The van der Waals surface area contributed by atoms with Gasteiger partial charge >= 0.3 is 0 Å². The number of nitrogens with one attached hydrogen (secondary N) is 1. The minimum atomic E-state index is 0.565. The van der Waals surface area contributed by atoms with Crippen LogP contribution in [-0.2, 0) is 0 Å². The first kappa shape index (κ1) is 11.9. The molecule has 3 N–H and O–H groups in total. The van der Waals surface area contributed by atoms with Gasteiger partial charge in [-0.1, -0.05) is 26.3 Å². The fourth-order valence-corrected chi connectivity index (χ4v) is 1.74. The van der Waals surface area contributed by atoms with E-state index in [0.717, 1.165) is 12.1 Å². The maximum Gasteiger partial charge on any atom is 0.0392 e. The Balaban J connectivity index is 2.73. The normalized spacial score (nSPS) is 12.5. The molecule has 0 saturated heterocycles. The van der Waals surface area contributed by atoms with E-state index in [-0.39, 0.29) is 0 Å². The molecule has 2 nitrogen and oxygen atoms in total.